The first-order valence-electron chi connectivity index (χ1n) is 10.5. The van der Waals surface area contributed by atoms with Gasteiger partial charge in [-0.1, -0.05) is 34.6 Å². The van der Waals surface area contributed by atoms with E-state index in [0.717, 1.165) is 6.42 Å². The molecular weight excluding hydrogens is 360 g/mol. The quantitative estimate of drug-likeness (QED) is 0.306. The van der Waals surface area contributed by atoms with E-state index in [9.17, 15) is 4.79 Å². The molecule has 0 bridgehead atoms. The van der Waals surface area contributed by atoms with Gasteiger partial charge in [-0.25, -0.2) is 0 Å². The van der Waals surface area contributed by atoms with Gasteiger partial charge in [-0.15, -0.1) is 0 Å². The molecule has 0 aliphatic carbocycles. The average Bonchev–Trinajstić information content (AvgIpc) is 2.55. The molecule has 6 nitrogen and oxygen atoms in total. The van der Waals surface area contributed by atoms with Gasteiger partial charge in [0.05, 0.1) is 12.0 Å². The van der Waals surface area contributed by atoms with Crippen molar-refractivity contribution in [2.75, 3.05) is 26.4 Å². The number of hydrogen-bond acceptors (Lipinski definition) is 6. The lowest BCUT2D eigenvalue weighted by Crippen LogP contribution is -2.41. The minimum atomic E-state index is -0.562. The molecule has 0 aromatic heterocycles. The highest BCUT2D eigenvalue weighted by Crippen LogP contribution is 2.40. The largest absolute Gasteiger partial charge is 0.462 e. The molecule has 0 fully saturated rings. The van der Waals surface area contributed by atoms with Crippen molar-refractivity contribution in [2.45, 2.75) is 94.3 Å². The van der Waals surface area contributed by atoms with Crippen molar-refractivity contribution in [1.82, 2.24) is 0 Å². The van der Waals surface area contributed by atoms with Crippen LogP contribution in [0.4, 0.5) is 0 Å². The number of hydrogen-bond donors (Lipinski definition) is 0. The topological polar surface area (TPSA) is 63.2 Å². The zero-order valence-corrected chi connectivity index (χ0v) is 19.8. The summed E-state index contributed by atoms with van der Waals surface area (Å²) in [4.78, 5) is 13.0. The molecule has 28 heavy (non-hydrogen) atoms. The second-order valence-electron chi connectivity index (χ2n) is 9.05. The van der Waals surface area contributed by atoms with Gasteiger partial charge in [0.1, 0.15) is 12.7 Å². The highest BCUT2D eigenvalue weighted by molar-refractivity contribution is 5.76. The minimum Gasteiger partial charge on any atom is -0.462 e. The molecule has 0 aliphatic heterocycles. The van der Waals surface area contributed by atoms with E-state index >= 15 is 0 Å². The van der Waals surface area contributed by atoms with Crippen molar-refractivity contribution in [2.24, 2.45) is 16.7 Å². The summed E-state index contributed by atoms with van der Waals surface area (Å²) < 4.78 is 28.1. The van der Waals surface area contributed by atoms with Gasteiger partial charge in [0.2, 0.25) is 0 Å². The lowest BCUT2D eigenvalue weighted by atomic mass is 9.69. The second-order valence-corrected chi connectivity index (χ2v) is 9.05. The highest BCUT2D eigenvalue weighted by Gasteiger charge is 2.41. The van der Waals surface area contributed by atoms with Gasteiger partial charge in [-0.3, -0.25) is 4.79 Å². The zero-order chi connectivity index (χ0) is 22.0. The van der Waals surface area contributed by atoms with Crippen LogP contribution in [0.25, 0.3) is 0 Å². The summed E-state index contributed by atoms with van der Waals surface area (Å²) in [7, 11) is 0. The molecule has 0 heterocycles. The third-order valence-corrected chi connectivity index (χ3v) is 4.74. The van der Waals surface area contributed by atoms with Crippen molar-refractivity contribution in [3.63, 3.8) is 0 Å². The number of carbonyl (C=O) groups excluding carboxylic acids is 1. The maximum absolute atomic E-state index is 13.0. The fourth-order valence-electron chi connectivity index (χ4n) is 3.14. The molecule has 0 radical (unpaired) electrons. The Kier molecular flexibility index (Phi) is 12.5. The van der Waals surface area contributed by atoms with E-state index in [1.165, 1.54) is 0 Å². The molecule has 0 saturated carbocycles. The Morgan fingerprint density at radius 3 is 1.82 bits per heavy atom. The Morgan fingerprint density at radius 2 is 1.36 bits per heavy atom. The van der Waals surface area contributed by atoms with Crippen LogP contribution >= 0.6 is 0 Å². The van der Waals surface area contributed by atoms with Crippen molar-refractivity contribution in [3.05, 3.63) is 0 Å². The maximum Gasteiger partial charge on any atom is 0.312 e. The number of carbonyl (C=O) groups is 1. The molecule has 0 aromatic rings. The standard InChI is InChI=1S/C22H44O6/c1-11-24-17(5)26-13-19(28-18(6)25-12-2)14-27-20(23)22(10,16(3)4)15-21(7,8)9/h16-19H,11-15H2,1-10H3. The van der Waals surface area contributed by atoms with Crippen molar-refractivity contribution >= 4 is 5.97 Å². The van der Waals surface area contributed by atoms with Crippen LogP contribution in [0.3, 0.4) is 0 Å². The fraction of sp³-hybridized carbons (Fsp3) is 0.955. The molecule has 6 heteroatoms. The summed E-state index contributed by atoms with van der Waals surface area (Å²) in [6.45, 7) is 21.5. The van der Waals surface area contributed by atoms with Gasteiger partial charge in [0.15, 0.2) is 12.6 Å². The maximum atomic E-state index is 13.0. The number of esters is 1. The average molecular weight is 405 g/mol. The van der Waals surface area contributed by atoms with Crippen LogP contribution in [0.1, 0.15) is 75.7 Å². The molecule has 0 aliphatic rings. The smallest absolute Gasteiger partial charge is 0.312 e. The summed E-state index contributed by atoms with van der Waals surface area (Å²) >= 11 is 0. The fourth-order valence-corrected chi connectivity index (χ4v) is 3.14. The van der Waals surface area contributed by atoms with Crippen molar-refractivity contribution < 1.29 is 28.5 Å². The lowest BCUT2D eigenvalue weighted by molar-refractivity contribution is -0.210. The Morgan fingerprint density at radius 1 is 0.821 bits per heavy atom. The first-order valence-corrected chi connectivity index (χ1v) is 10.5. The van der Waals surface area contributed by atoms with E-state index in [-0.39, 0.29) is 36.8 Å². The third kappa shape index (κ3) is 10.7. The number of ether oxygens (including phenoxy) is 5. The summed E-state index contributed by atoms with van der Waals surface area (Å²) in [5.74, 6) is -0.0388. The summed E-state index contributed by atoms with van der Waals surface area (Å²) in [6.07, 6.45) is -0.448. The predicted octanol–water partition coefficient (Wildman–Crippen LogP) is 4.79. The van der Waals surface area contributed by atoms with Crippen molar-refractivity contribution in [1.29, 1.82) is 0 Å². The van der Waals surface area contributed by atoms with Gasteiger partial charge >= 0.3 is 5.97 Å². The molecule has 0 spiro atoms. The van der Waals surface area contributed by atoms with Crippen LogP contribution < -0.4 is 0 Å². The Hall–Kier alpha value is -0.690. The molecule has 0 aromatic carbocycles. The van der Waals surface area contributed by atoms with E-state index in [2.05, 4.69) is 34.6 Å². The first-order chi connectivity index (χ1) is 12.9. The molecule has 0 saturated heterocycles. The molecule has 168 valence electrons. The predicted molar refractivity (Wildman–Crippen MR) is 111 cm³/mol. The van der Waals surface area contributed by atoms with Gasteiger partial charge < -0.3 is 23.7 Å². The van der Waals surface area contributed by atoms with E-state index in [1.54, 1.807) is 0 Å². The van der Waals surface area contributed by atoms with Crippen LogP contribution in [0.2, 0.25) is 0 Å². The molecular formula is C22H44O6. The first kappa shape index (κ1) is 27.3. The summed E-state index contributed by atoms with van der Waals surface area (Å²) in [5.41, 5.74) is -0.540. The van der Waals surface area contributed by atoms with E-state index in [1.807, 2.05) is 34.6 Å². The van der Waals surface area contributed by atoms with Gasteiger partial charge in [0.25, 0.3) is 0 Å². The third-order valence-electron chi connectivity index (χ3n) is 4.74. The van der Waals surface area contributed by atoms with Gasteiger partial charge in [-0.05, 0) is 52.4 Å². The molecule has 4 unspecified atom stereocenters. The van der Waals surface area contributed by atoms with E-state index < -0.39 is 17.8 Å². The van der Waals surface area contributed by atoms with Crippen molar-refractivity contribution in [3.8, 4) is 0 Å². The SMILES string of the molecule is CCOC(C)OCC(COC(=O)C(C)(CC(C)(C)C)C(C)C)OC(C)OCC. The zero-order valence-electron chi connectivity index (χ0n) is 19.8. The number of rotatable bonds is 14. The molecule has 4 atom stereocenters. The van der Waals surface area contributed by atoms with Crippen LogP contribution in [0, 0.1) is 16.7 Å². The highest BCUT2D eigenvalue weighted by atomic mass is 16.7. The van der Waals surface area contributed by atoms with Crippen LogP contribution in [0.15, 0.2) is 0 Å². The Bertz CT molecular complexity index is 431. The monoisotopic (exact) mass is 404 g/mol. The Labute approximate surface area is 172 Å². The summed E-state index contributed by atoms with van der Waals surface area (Å²) in [6, 6.07) is 0. The van der Waals surface area contributed by atoms with Gasteiger partial charge in [0, 0.05) is 13.2 Å². The molecule has 0 rings (SSSR count). The summed E-state index contributed by atoms with van der Waals surface area (Å²) in [5, 5.41) is 0. The van der Waals surface area contributed by atoms with E-state index in [0.29, 0.717) is 13.2 Å². The van der Waals surface area contributed by atoms with Crippen LogP contribution in [-0.4, -0.2) is 51.1 Å². The second kappa shape index (κ2) is 12.8. The molecule has 0 N–H and O–H groups in total. The van der Waals surface area contributed by atoms with E-state index in [4.69, 9.17) is 23.7 Å². The Balaban J connectivity index is 5.00. The van der Waals surface area contributed by atoms with Crippen LogP contribution in [-0.2, 0) is 28.5 Å². The van der Waals surface area contributed by atoms with Gasteiger partial charge in [-0.2, -0.15) is 0 Å². The normalized spacial score (nSPS) is 17.8. The molecule has 0 amide bonds. The van der Waals surface area contributed by atoms with Crippen LogP contribution in [0.5, 0.6) is 0 Å². The lowest BCUT2D eigenvalue weighted by Gasteiger charge is -2.37. The minimum absolute atomic E-state index is 0.0213.